The molecule has 0 saturated carbocycles. The fourth-order valence-electron chi connectivity index (χ4n) is 3.03. The highest BCUT2D eigenvalue weighted by molar-refractivity contribution is 7.92. The van der Waals surface area contributed by atoms with Gasteiger partial charge in [-0.3, -0.25) is 9.52 Å². The van der Waals surface area contributed by atoms with Crippen LogP contribution >= 0.6 is 0 Å². The molecular formula is C24H26N2O5S. The molecule has 0 bridgehead atoms. The fourth-order valence-corrected chi connectivity index (χ4v) is 4.37. The summed E-state index contributed by atoms with van der Waals surface area (Å²) >= 11 is 0. The average molecular weight is 455 g/mol. The lowest BCUT2D eigenvalue weighted by molar-refractivity contribution is 0.0946. The Balaban J connectivity index is 1.67. The summed E-state index contributed by atoms with van der Waals surface area (Å²) in [4.78, 5) is 12.6. The summed E-state index contributed by atoms with van der Waals surface area (Å²) in [6, 6.07) is 18.9. The van der Waals surface area contributed by atoms with Gasteiger partial charge in [0.2, 0.25) is 0 Å². The molecule has 0 radical (unpaired) electrons. The number of methoxy groups -OCH3 is 1. The molecule has 8 heteroatoms. The molecule has 0 aliphatic carbocycles. The summed E-state index contributed by atoms with van der Waals surface area (Å²) in [5.41, 5.74) is 2.21. The minimum atomic E-state index is -3.93. The molecule has 0 unspecified atom stereocenters. The number of ether oxygens (including phenoxy) is 2. The molecule has 3 rings (SSSR count). The van der Waals surface area contributed by atoms with Gasteiger partial charge >= 0.3 is 0 Å². The first-order valence-electron chi connectivity index (χ1n) is 10.0. The maximum Gasteiger partial charge on any atom is 0.262 e. The van der Waals surface area contributed by atoms with Crippen LogP contribution in [0, 0.1) is 13.8 Å². The molecule has 3 aromatic rings. The third-order valence-corrected chi connectivity index (χ3v) is 6.28. The number of hydrogen-bond acceptors (Lipinski definition) is 5. The number of para-hydroxylation sites is 2. The maximum absolute atomic E-state index is 13.0. The van der Waals surface area contributed by atoms with E-state index < -0.39 is 10.0 Å². The molecule has 32 heavy (non-hydrogen) atoms. The molecule has 2 N–H and O–H groups in total. The van der Waals surface area contributed by atoms with Crippen molar-refractivity contribution >= 4 is 21.6 Å². The summed E-state index contributed by atoms with van der Waals surface area (Å²) in [6.07, 6.45) is 0. The standard InChI is InChI=1S/C24H26N2O5S/c1-17-8-12-20(13-9-17)31-15-14-25-24(27)19-11-10-18(2)23(16-19)32(28,29)26-21-6-4-5-7-22(21)30-3/h4-13,16,26H,14-15H2,1-3H3,(H,25,27). The fraction of sp³-hybridized carbons (Fsp3) is 0.208. The Labute approximate surface area is 188 Å². The van der Waals surface area contributed by atoms with Crippen molar-refractivity contribution in [3.63, 3.8) is 0 Å². The first-order chi connectivity index (χ1) is 15.3. The van der Waals surface area contributed by atoms with Crippen LogP contribution in [0.25, 0.3) is 0 Å². The van der Waals surface area contributed by atoms with Crippen molar-refractivity contribution in [2.24, 2.45) is 0 Å². The van der Waals surface area contributed by atoms with E-state index in [2.05, 4.69) is 10.0 Å². The van der Waals surface area contributed by atoms with E-state index in [0.717, 1.165) is 11.3 Å². The molecule has 0 aromatic heterocycles. The first kappa shape index (κ1) is 23.1. The summed E-state index contributed by atoms with van der Waals surface area (Å²) in [7, 11) is -2.47. The zero-order valence-corrected chi connectivity index (χ0v) is 19.0. The van der Waals surface area contributed by atoms with Gasteiger partial charge in [-0.05, 0) is 55.8 Å². The minimum Gasteiger partial charge on any atom is -0.495 e. The second kappa shape index (κ2) is 10.2. The molecule has 0 atom stereocenters. The number of anilines is 1. The zero-order valence-electron chi connectivity index (χ0n) is 18.2. The van der Waals surface area contributed by atoms with E-state index in [1.165, 1.54) is 13.2 Å². The predicted octanol–water partition coefficient (Wildman–Crippen LogP) is 3.92. The quantitative estimate of drug-likeness (QED) is 0.478. The van der Waals surface area contributed by atoms with Crippen LogP contribution in [0.2, 0.25) is 0 Å². The Morgan fingerprint density at radius 2 is 1.69 bits per heavy atom. The molecule has 0 saturated heterocycles. The van der Waals surface area contributed by atoms with Gasteiger partial charge < -0.3 is 14.8 Å². The van der Waals surface area contributed by atoms with Crippen LogP contribution in [-0.2, 0) is 10.0 Å². The van der Waals surface area contributed by atoms with Crippen LogP contribution in [0.3, 0.4) is 0 Å². The van der Waals surface area contributed by atoms with Crippen LogP contribution in [0.4, 0.5) is 5.69 Å². The van der Waals surface area contributed by atoms with Crippen molar-refractivity contribution in [1.82, 2.24) is 5.32 Å². The summed E-state index contributed by atoms with van der Waals surface area (Å²) in [6.45, 7) is 4.24. The number of carbonyl (C=O) groups excluding carboxylic acids is 1. The number of nitrogens with one attached hydrogen (secondary N) is 2. The molecule has 3 aromatic carbocycles. The van der Waals surface area contributed by atoms with Crippen molar-refractivity contribution in [3.05, 3.63) is 83.4 Å². The Morgan fingerprint density at radius 1 is 0.969 bits per heavy atom. The lowest BCUT2D eigenvalue weighted by atomic mass is 10.1. The van der Waals surface area contributed by atoms with Gasteiger partial charge in [0, 0.05) is 5.56 Å². The van der Waals surface area contributed by atoms with Crippen LogP contribution < -0.4 is 19.5 Å². The Bertz CT molecular complexity index is 1190. The highest BCUT2D eigenvalue weighted by Crippen LogP contribution is 2.27. The number of aryl methyl sites for hydroxylation is 2. The third kappa shape index (κ3) is 5.79. The van der Waals surface area contributed by atoms with E-state index in [1.807, 2.05) is 31.2 Å². The van der Waals surface area contributed by atoms with Crippen molar-refractivity contribution < 1.29 is 22.7 Å². The van der Waals surface area contributed by atoms with Gasteiger partial charge in [0.25, 0.3) is 15.9 Å². The van der Waals surface area contributed by atoms with Gasteiger partial charge in [0.1, 0.15) is 18.1 Å². The second-order valence-electron chi connectivity index (χ2n) is 7.20. The van der Waals surface area contributed by atoms with Crippen LogP contribution in [0.1, 0.15) is 21.5 Å². The lowest BCUT2D eigenvalue weighted by Gasteiger charge is -2.14. The first-order valence-corrected chi connectivity index (χ1v) is 11.5. The van der Waals surface area contributed by atoms with E-state index in [9.17, 15) is 13.2 Å². The molecule has 0 fully saturated rings. The van der Waals surface area contributed by atoms with Gasteiger partial charge in [0.05, 0.1) is 24.2 Å². The molecule has 0 spiro atoms. The molecular weight excluding hydrogens is 428 g/mol. The van der Waals surface area contributed by atoms with Gasteiger partial charge in [-0.2, -0.15) is 0 Å². The smallest absolute Gasteiger partial charge is 0.262 e. The molecule has 0 aliphatic heterocycles. The highest BCUT2D eigenvalue weighted by Gasteiger charge is 2.20. The van der Waals surface area contributed by atoms with Crippen LogP contribution in [0.5, 0.6) is 11.5 Å². The second-order valence-corrected chi connectivity index (χ2v) is 8.85. The third-order valence-electron chi connectivity index (χ3n) is 4.77. The van der Waals surface area contributed by atoms with Crippen molar-refractivity contribution in [2.75, 3.05) is 25.0 Å². The number of sulfonamides is 1. The van der Waals surface area contributed by atoms with Crippen molar-refractivity contribution in [1.29, 1.82) is 0 Å². The summed E-state index contributed by atoms with van der Waals surface area (Å²) in [5.74, 6) is 0.735. The molecule has 0 aliphatic rings. The number of rotatable bonds is 9. The SMILES string of the molecule is COc1ccccc1NS(=O)(=O)c1cc(C(=O)NCCOc2ccc(C)cc2)ccc1C. The van der Waals surface area contributed by atoms with Gasteiger partial charge in [-0.1, -0.05) is 35.9 Å². The van der Waals surface area contributed by atoms with Crippen molar-refractivity contribution in [3.8, 4) is 11.5 Å². The van der Waals surface area contributed by atoms with E-state index >= 15 is 0 Å². The number of hydrogen-bond donors (Lipinski definition) is 2. The Hall–Kier alpha value is -3.52. The molecule has 7 nitrogen and oxygen atoms in total. The average Bonchev–Trinajstić information content (AvgIpc) is 2.78. The van der Waals surface area contributed by atoms with Gasteiger partial charge in [-0.15, -0.1) is 0 Å². The van der Waals surface area contributed by atoms with E-state index in [0.29, 0.717) is 23.6 Å². The normalized spacial score (nSPS) is 11.0. The van der Waals surface area contributed by atoms with Gasteiger partial charge in [0.15, 0.2) is 0 Å². The monoisotopic (exact) mass is 454 g/mol. The van der Waals surface area contributed by atoms with E-state index in [-0.39, 0.29) is 22.9 Å². The molecule has 0 heterocycles. The Morgan fingerprint density at radius 3 is 2.41 bits per heavy atom. The Kier molecular flexibility index (Phi) is 7.37. The number of benzene rings is 3. The largest absolute Gasteiger partial charge is 0.495 e. The van der Waals surface area contributed by atoms with Crippen LogP contribution in [0.15, 0.2) is 71.6 Å². The topological polar surface area (TPSA) is 93.7 Å². The predicted molar refractivity (Wildman–Crippen MR) is 124 cm³/mol. The van der Waals surface area contributed by atoms with Crippen molar-refractivity contribution in [2.45, 2.75) is 18.7 Å². The zero-order chi connectivity index (χ0) is 23.1. The van der Waals surface area contributed by atoms with Crippen LogP contribution in [-0.4, -0.2) is 34.6 Å². The van der Waals surface area contributed by atoms with E-state index in [1.54, 1.807) is 43.3 Å². The number of carbonyl (C=O) groups is 1. The summed E-state index contributed by atoms with van der Waals surface area (Å²) < 4.78 is 39.3. The minimum absolute atomic E-state index is 0.0203. The summed E-state index contributed by atoms with van der Waals surface area (Å²) in [5, 5.41) is 2.75. The molecule has 168 valence electrons. The maximum atomic E-state index is 13.0. The number of amides is 1. The molecule has 1 amide bonds. The van der Waals surface area contributed by atoms with Gasteiger partial charge in [-0.25, -0.2) is 8.42 Å². The highest BCUT2D eigenvalue weighted by atomic mass is 32.2. The van der Waals surface area contributed by atoms with E-state index in [4.69, 9.17) is 9.47 Å². The lowest BCUT2D eigenvalue weighted by Crippen LogP contribution is -2.28.